The summed E-state index contributed by atoms with van der Waals surface area (Å²) in [7, 11) is 0. The van der Waals surface area contributed by atoms with Crippen LogP contribution in [0.4, 0.5) is 0 Å². The summed E-state index contributed by atoms with van der Waals surface area (Å²) in [4.78, 5) is 14.7. The molecule has 0 aromatic carbocycles. The Hall–Kier alpha value is -0.730. The second-order valence-electron chi connectivity index (χ2n) is 2.94. The highest BCUT2D eigenvalue weighted by Gasteiger charge is 1.99. The molecule has 0 unspecified atom stereocenters. The number of isothiocyanates is 1. The molecule has 0 radical (unpaired) electrons. The average Bonchev–Trinajstić information content (AvgIpc) is 2.17. The van der Waals surface area contributed by atoms with Gasteiger partial charge in [-0.1, -0.05) is 12.8 Å². The van der Waals surface area contributed by atoms with Gasteiger partial charge >= 0.3 is 5.97 Å². The Balaban J connectivity index is 3.13. The minimum absolute atomic E-state index is 0.0931. The second kappa shape index (κ2) is 10.4. The third-order valence-corrected chi connectivity index (χ3v) is 1.90. The summed E-state index contributed by atoms with van der Waals surface area (Å²) in [5, 5.41) is 2.33. The number of carbonyl (C=O) groups excluding carboxylic acids is 1. The highest BCUT2D eigenvalue weighted by atomic mass is 32.1. The zero-order valence-electron chi connectivity index (χ0n) is 8.62. The van der Waals surface area contributed by atoms with Gasteiger partial charge in [-0.15, -0.1) is 0 Å². The van der Waals surface area contributed by atoms with Crippen molar-refractivity contribution in [1.29, 1.82) is 0 Å². The van der Waals surface area contributed by atoms with Gasteiger partial charge in [0.15, 0.2) is 0 Å². The van der Waals surface area contributed by atoms with Gasteiger partial charge < -0.3 is 4.74 Å². The third-order valence-electron chi connectivity index (χ3n) is 1.77. The summed E-state index contributed by atoms with van der Waals surface area (Å²) in [5.41, 5.74) is 0. The quantitative estimate of drug-likeness (QED) is 0.270. The molecule has 0 rings (SSSR count). The molecule has 80 valence electrons. The summed E-state index contributed by atoms with van der Waals surface area (Å²) in [6.45, 7) is 3.05. The lowest BCUT2D eigenvalue weighted by Crippen LogP contribution is -2.03. The molecule has 0 saturated heterocycles. The number of carbonyl (C=O) groups is 1. The first-order chi connectivity index (χ1) is 6.81. The molecule has 0 saturated carbocycles. The van der Waals surface area contributed by atoms with E-state index in [1.807, 2.05) is 6.92 Å². The van der Waals surface area contributed by atoms with Crippen molar-refractivity contribution < 1.29 is 9.53 Å². The lowest BCUT2D eigenvalue weighted by molar-refractivity contribution is -0.143. The molecule has 0 bridgehead atoms. The van der Waals surface area contributed by atoms with Gasteiger partial charge in [-0.3, -0.25) is 4.79 Å². The van der Waals surface area contributed by atoms with Crippen LogP contribution in [0.15, 0.2) is 4.99 Å². The summed E-state index contributed by atoms with van der Waals surface area (Å²) in [6, 6.07) is 0. The molecule has 0 atom stereocenters. The minimum Gasteiger partial charge on any atom is -0.466 e. The number of ether oxygens (including phenoxy) is 1. The van der Waals surface area contributed by atoms with Crippen LogP contribution in [0.1, 0.15) is 39.0 Å². The number of aliphatic imine (C=N–C) groups is 1. The largest absolute Gasteiger partial charge is 0.466 e. The van der Waals surface area contributed by atoms with Gasteiger partial charge in [-0.05, 0) is 32.0 Å². The zero-order valence-corrected chi connectivity index (χ0v) is 9.44. The van der Waals surface area contributed by atoms with Crippen molar-refractivity contribution >= 4 is 23.3 Å². The van der Waals surface area contributed by atoms with Crippen molar-refractivity contribution in [3.63, 3.8) is 0 Å². The van der Waals surface area contributed by atoms with Crippen molar-refractivity contribution in [1.82, 2.24) is 0 Å². The number of hydrogen-bond acceptors (Lipinski definition) is 4. The Morgan fingerprint density at radius 2 is 2.07 bits per heavy atom. The molecule has 0 heterocycles. The van der Waals surface area contributed by atoms with E-state index in [0.717, 1.165) is 32.2 Å². The molecule has 3 nitrogen and oxygen atoms in total. The standard InChI is InChI=1S/C10H17NO2S/c1-2-13-10(12)7-5-3-4-6-8-11-9-14/h2-8H2,1H3. The van der Waals surface area contributed by atoms with Crippen LogP contribution in [0.3, 0.4) is 0 Å². The van der Waals surface area contributed by atoms with E-state index in [0.29, 0.717) is 13.0 Å². The van der Waals surface area contributed by atoms with Gasteiger partial charge in [0.1, 0.15) is 0 Å². The number of unbranched alkanes of at least 4 members (excludes halogenated alkanes) is 3. The number of rotatable bonds is 8. The number of thiocarbonyl (C=S) groups is 1. The summed E-state index contributed by atoms with van der Waals surface area (Å²) in [5.74, 6) is -0.0931. The van der Waals surface area contributed by atoms with E-state index in [1.165, 1.54) is 0 Å². The van der Waals surface area contributed by atoms with Gasteiger partial charge in [0.2, 0.25) is 0 Å². The van der Waals surface area contributed by atoms with Crippen LogP contribution < -0.4 is 0 Å². The molecule has 0 N–H and O–H groups in total. The molecule has 14 heavy (non-hydrogen) atoms. The van der Waals surface area contributed by atoms with Gasteiger partial charge in [0.25, 0.3) is 0 Å². The Morgan fingerprint density at radius 1 is 1.36 bits per heavy atom. The van der Waals surface area contributed by atoms with Crippen LogP contribution >= 0.6 is 12.2 Å². The van der Waals surface area contributed by atoms with E-state index in [1.54, 1.807) is 0 Å². The molecule has 0 fully saturated rings. The maximum Gasteiger partial charge on any atom is 0.305 e. The molecule has 4 heteroatoms. The molecule has 0 amide bonds. The monoisotopic (exact) mass is 215 g/mol. The lowest BCUT2D eigenvalue weighted by Gasteiger charge is -2.00. The average molecular weight is 215 g/mol. The van der Waals surface area contributed by atoms with E-state index in [4.69, 9.17) is 4.74 Å². The highest BCUT2D eigenvalue weighted by Crippen LogP contribution is 2.03. The highest BCUT2D eigenvalue weighted by molar-refractivity contribution is 7.78. The fourth-order valence-electron chi connectivity index (χ4n) is 1.09. The van der Waals surface area contributed by atoms with Crippen molar-refractivity contribution in [2.45, 2.75) is 39.0 Å². The zero-order chi connectivity index (χ0) is 10.6. The summed E-state index contributed by atoms with van der Waals surface area (Å²) < 4.78 is 4.81. The second-order valence-corrected chi connectivity index (χ2v) is 3.12. The Labute approximate surface area is 90.6 Å². The van der Waals surface area contributed by atoms with Crippen molar-refractivity contribution in [3.8, 4) is 0 Å². The van der Waals surface area contributed by atoms with E-state index < -0.39 is 0 Å². The van der Waals surface area contributed by atoms with Gasteiger partial charge in [-0.2, -0.15) is 0 Å². The number of nitrogens with zero attached hydrogens (tertiary/aromatic N) is 1. The molecule has 0 aliphatic heterocycles. The van der Waals surface area contributed by atoms with E-state index in [9.17, 15) is 4.79 Å². The minimum atomic E-state index is -0.0931. The first-order valence-corrected chi connectivity index (χ1v) is 5.41. The van der Waals surface area contributed by atoms with Gasteiger partial charge in [-0.25, -0.2) is 4.99 Å². The van der Waals surface area contributed by atoms with Crippen LogP contribution in [0.2, 0.25) is 0 Å². The molecule has 0 aromatic heterocycles. The molecule has 0 aliphatic rings. The van der Waals surface area contributed by atoms with E-state index in [-0.39, 0.29) is 5.97 Å². The first kappa shape index (κ1) is 13.3. The normalized spacial score (nSPS) is 9.21. The van der Waals surface area contributed by atoms with Crippen LogP contribution in [-0.2, 0) is 9.53 Å². The van der Waals surface area contributed by atoms with Crippen molar-refractivity contribution in [3.05, 3.63) is 0 Å². The molecule has 0 aromatic rings. The maximum atomic E-state index is 10.9. The number of esters is 1. The SMILES string of the molecule is CCOC(=O)CCCCCCN=C=S. The fraction of sp³-hybridized carbons (Fsp3) is 0.800. The molecular weight excluding hydrogens is 198 g/mol. The number of hydrogen-bond donors (Lipinski definition) is 0. The Bertz CT molecular complexity index is 200. The lowest BCUT2D eigenvalue weighted by atomic mass is 10.1. The maximum absolute atomic E-state index is 10.9. The predicted octanol–water partition coefficient (Wildman–Crippen LogP) is 2.60. The summed E-state index contributed by atoms with van der Waals surface area (Å²) in [6.07, 6.45) is 4.59. The van der Waals surface area contributed by atoms with E-state index in [2.05, 4.69) is 22.4 Å². The Kier molecular flexibility index (Phi) is 9.81. The molecule has 0 aliphatic carbocycles. The van der Waals surface area contributed by atoms with Crippen molar-refractivity contribution in [2.75, 3.05) is 13.2 Å². The Morgan fingerprint density at radius 3 is 2.71 bits per heavy atom. The fourth-order valence-corrected chi connectivity index (χ4v) is 1.18. The predicted molar refractivity (Wildman–Crippen MR) is 59.6 cm³/mol. The van der Waals surface area contributed by atoms with Crippen LogP contribution in [0.5, 0.6) is 0 Å². The third kappa shape index (κ3) is 9.36. The van der Waals surface area contributed by atoms with Crippen LogP contribution in [-0.4, -0.2) is 24.3 Å². The van der Waals surface area contributed by atoms with Crippen molar-refractivity contribution in [2.24, 2.45) is 4.99 Å². The molecular formula is C10H17NO2S. The van der Waals surface area contributed by atoms with Crippen LogP contribution in [0.25, 0.3) is 0 Å². The topological polar surface area (TPSA) is 38.7 Å². The first-order valence-electron chi connectivity index (χ1n) is 5.00. The smallest absolute Gasteiger partial charge is 0.305 e. The van der Waals surface area contributed by atoms with Crippen LogP contribution in [0, 0.1) is 0 Å². The van der Waals surface area contributed by atoms with Gasteiger partial charge in [0.05, 0.1) is 11.8 Å². The van der Waals surface area contributed by atoms with E-state index >= 15 is 0 Å². The van der Waals surface area contributed by atoms with Gasteiger partial charge in [0, 0.05) is 13.0 Å². The molecule has 0 spiro atoms. The summed E-state index contributed by atoms with van der Waals surface area (Å²) >= 11 is 4.44.